The zero-order chi connectivity index (χ0) is 24.1. The number of benzene rings is 1. The quantitative estimate of drug-likeness (QED) is 0.412. The fourth-order valence-corrected chi connectivity index (χ4v) is 4.64. The van der Waals surface area contributed by atoms with Crippen molar-refractivity contribution in [2.75, 3.05) is 25.1 Å². The molecule has 34 heavy (non-hydrogen) atoms. The lowest BCUT2D eigenvalue weighted by atomic mass is 9.96. The van der Waals surface area contributed by atoms with Crippen molar-refractivity contribution in [3.63, 3.8) is 0 Å². The highest BCUT2D eigenvalue weighted by Crippen LogP contribution is 2.36. The zero-order valence-electron chi connectivity index (χ0n) is 19.8. The van der Waals surface area contributed by atoms with Gasteiger partial charge in [0.2, 0.25) is 0 Å². The lowest BCUT2D eigenvalue weighted by molar-refractivity contribution is 0.175. The van der Waals surface area contributed by atoms with Crippen LogP contribution in [0.25, 0.3) is 11.0 Å². The summed E-state index contributed by atoms with van der Waals surface area (Å²) in [4.78, 5) is 31.4. The summed E-state index contributed by atoms with van der Waals surface area (Å²) in [5, 5.41) is 3.38. The fourth-order valence-electron chi connectivity index (χ4n) is 4.64. The van der Waals surface area contributed by atoms with Gasteiger partial charge in [-0.2, -0.15) is 0 Å². The first-order valence-electron chi connectivity index (χ1n) is 11.7. The van der Waals surface area contributed by atoms with Crippen molar-refractivity contribution in [3.05, 3.63) is 58.3 Å². The van der Waals surface area contributed by atoms with Crippen LogP contribution in [-0.4, -0.2) is 46.5 Å². The summed E-state index contributed by atoms with van der Waals surface area (Å²) in [5.74, 6) is 3.56. The van der Waals surface area contributed by atoms with Crippen LogP contribution in [0.5, 0.6) is 0 Å². The molecule has 1 aliphatic rings. The van der Waals surface area contributed by atoms with E-state index in [2.05, 4.69) is 15.8 Å². The third-order valence-electron chi connectivity index (χ3n) is 6.40. The second-order valence-corrected chi connectivity index (χ2v) is 8.52. The van der Waals surface area contributed by atoms with Gasteiger partial charge in [-0.05, 0) is 38.0 Å². The number of aryl methyl sites for hydroxylation is 3. The Bertz CT molecular complexity index is 1270. The Morgan fingerprint density at radius 1 is 1.26 bits per heavy atom. The van der Waals surface area contributed by atoms with E-state index in [1.54, 1.807) is 27.8 Å². The number of terminal acetylenes is 1. The number of hydrogen-bond donors (Lipinski definition) is 1. The molecule has 3 heterocycles. The monoisotopic (exact) mass is 461 g/mol. The van der Waals surface area contributed by atoms with Crippen LogP contribution in [0.3, 0.4) is 0 Å². The highest BCUT2D eigenvalue weighted by molar-refractivity contribution is 5.95. The van der Waals surface area contributed by atoms with Crippen LogP contribution in [-0.2, 0) is 30.7 Å². The van der Waals surface area contributed by atoms with Crippen molar-refractivity contribution in [2.24, 2.45) is 0 Å². The number of fused-ring (bicyclic) bond motifs is 3. The van der Waals surface area contributed by atoms with E-state index in [0.717, 1.165) is 60.6 Å². The largest absolute Gasteiger partial charge is 0.452 e. The van der Waals surface area contributed by atoms with Gasteiger partial charge in [0.25, 0.3) is 5.56 Å². The number of aromatic nitrogens is 3. The molecule has 0 saturated carbocycles. The Balaban J connectivity index is 1.71. The molecule has 0 saturated heterocycles. The molecule has 3 aromatic rings. The smallest absolute Gasteiger partial charge is 0.414 e. The van der Waals surface area contributed by atoms with E-state index in [0.29, 0.717) is 19.4 Å². The molecule has 0 unspecified atom stereocenters. The summed E-state index contributed by atoms with van der Waals surface area (Å²) in [6, 6.07) is 9.27. The number of ether oxygens (including phenoxy) is 1. The summed E-state index contributed by atoms with van der Waals surface area (Å²) in [6.45, 7) is 4.83. The van der Waals surface area contributed by atoms with E-state index in [-0.39, 0.29) is 17.7 Å². The first-order valence-corrected chi connectivity index (χ1v) is 11.7. The minimum Gasteiger partial charge on any atom is -0.452 e. The Morgan fingerprint density at radius 2 is 2.12 bits per heavy atom. The average Bonchev–Trinajstić information content (AvgIpc) is 3.20. The number of imidazole rings is 1. The lowest BCUT2D eigenvalue weighted by Crippen LogP contribution is -2.42. The number of pyridine rings is 1. The molecule has 8 heteroatoms. The van der Waals surface area contributed by atoms with E-state index in [1.165, 1.54) is 7.11 Å². The van der Waals surface area contributed by atoms with Crippen molar-refractivity contribution in [1.82, 2.24) is 19.4 Å². The molecule has 0 aliphatic carbocycles. The van der Waals surface area contributed by atoms with Crippen LogP contribution >= 0.6 is 0 Å². The van der Waals surface area contributed by atoms with Crippen LogP contribution in [0.4, 0.5) is 10.5 Å². The van der Waals surface area contributed by atoms with Crippen LogP contribution < -0.4 is 15.8 Å². The minimum absolute atomic E-state index is 0.0267. The molecule has 0 bridgehead atoms. The highest BCUT2D eigenvalue weighted by Gasteiger charge is 2.31. The molecule has 0 spiro atoms. The topological polar surface area (TPSA) is 81.4 Å². The van der Waals surface area contributed by atoms with Gasteiger partial charge < -0.3 is 19.2 Å². The summed E-state index contributed by atoms with van der Waals surface area (Å²) < 4.78 is 8.96. The number of methoxy groups -OCH3 is 1. The molecule has 0 fully saturated rings. The Kier molecular flexibility index (Phi) is 7.33. The number of amides is 1. The van der Waals surface area contributed by atoms with Crippen LogP contribution in [0.15, 0.2) is 41.3 Å². The Hall–Kier alpha value is -3.57. The number of rotatable bonds is 8. The number of nitrogens with one attached hydrogen (secondary N) is 1. The van der Waals surface area contributed by atoms with Gasteiger partial charge >= 0.3 is 6.09 Å². The summed E-state index contributed by atoms with van der Waals surface area (Å²) >= 11 is 0. The second kappa shape index (κ2) is 10.6. The van der Waals surface area contributed by atoms with E-state index < -0.39 is 0 Å². The van der Waals surface area contributed by atoms with Gasteiger partial charge in [-0.25, -0.2) is 9.78 Å². The number of carbonyl (C=O) groups excluding carboxylic acids is 1. The van der Waals surface area contributed by atoms with Gasteiger partial charge in [0, 0.05) is 62.9 Å². The summed E-state index contributed by atoms with van der Waals surface area (Å²) in [6.07, 6.45) is 9.80. The predicted molar refractivity (Wildman–Crippen MR) is 133 cm³/mol. The van der Waals surface area contributed by atoms with E-state index in [4.69, 9.17) is 16.1 Å². The molecule has 1 amide bonds. The first kappa shape index (κ1) is 23.6. The molecule has 8 nitrogen and oxygen atoms in total. The van der Waals surface area contributed by atoms with E-state index >= 15 is 0 Å². The second-order valence-electron chi connectivity index (χ2n) is 8.52. The maximum Gasteiger partial charge on any atom is 0.414 e. The summed E-state index contributed by atoms with van der Waals surface area (Å²) in [7, 11) is 1.41. The predicted octanol–water partition coefficient (Wildman–Crippen LogP) is 2.96. The average molecular weight is 462 g/mol. The number of carbonyl (C=O) groups is 1. The third-order valence-corrected chi connectivity index (χ3v) is 6.40. The van der Waals surface area contributed by atoms with Gasteiger partial charge in [0.05, 0.1) is 23.8 Å². The molecule has 1 N–H and O–H groups in total. The molecule has 4 rings (SSSR count). The molecule has 1 aliphatic heterocycles. The van der Waals surface area contributed by atoms with Crippen molar-refractivity contribution >= 4 is 22.8 Å². The molecule has 1 atom stereocenters. The molecule has 178 valence electrons. The highest BCUT2D eigenvalue weighted by atomic mass is 16.5. The van der Waals surface area contributed by atoms with Crippen LogP contribution in [0, 0.1) is 12.3 Å². The van der Waals surface area contributed by atoms with Crippen molar-refractivity contribution in [2.45, 2.75) is 51.7 Å². The van der Waals surface area contributed by atoms with Crippen molar-refractivity contribution in [1.29, 1.82) is 0 Å². The molecule has 0 radical (unpaired) electrons. The molecule has 2 aromatic heterocycles. The first-order chi connectivity index (χ1) is 16.5. The standard InChI is InChI=1S/C26H31N5O3/c1-4-5-14-27-15-18-30-22-12-11-21-20(10-9-19(2)31(21)26(33)34-3)25(22)28-23(30)13-17-29-16-7-6-8-24(29)32/h1,6-8,11-12,16,19,27H,5,9-10,13-15,17-18H2,2-3H3/t19-/m0/s1. The number of hydrogen-bond acceptors (Lipinski definition) is 5. The molecular formula is C26H31N5O3. The van der Waals surface area contributed by atoms with Gasteiger partial charge in [0.15, 0.2) is 0 Å². The Morgan fingerprint density at radius 3 is 2.88 bits per heavy atom. The van der Waals surface area contributed by atoms with E-state index in [1.807, 2.05) is 25.1 Å². The van der Waals surface area contributed by atoms with Gasteiger partial charge in [-0.15, -0.1) is 12.3 Å². The van der Waals surface area contributed by atoms with Crippen molar-refractivity contribution in [3.8, 4) is 12.3 Å². The van der Waals surface area contributed by atoms with Crippen LogP contribution in [0.2, 0.25) is 0 Å². The normalized spacial score (nSPS) is 15.2. The van der Waals surface area contributed by atoms with Gasteiger partial charge in [-0.3, -0.25) is 9.69 Å². The van der Waals surface area contributed by atoms with Crippen LogP contribution in [0.1, 0.15) is 31.2 Å². The fraction of sp³-hybridized carbons (Fsp3) is 0.423. The third kappa shape index (κ3) is 4.70. The van der Waals surface area contributed by atoms with Gasteiger partial charge in [0.1, 0.15) is 5.82 Å². The molecule has 1 aromatic carbocycles. The van der Waals surface area contributed by atoms with Crippen molar-refractivity contribution < 1.29 is 9.53 Å². The zero-order valence-corrected chi connectivity index (χ0v) is 19.8. The molecular weight excluding hydrogens is 430 g/mol. The maximum absolute atomic E-state index is 12.5. The SMILES string of the molecule is C#CCCNCCn1c(CCn2ccccc2=O)nc2c3c(ccc21)N(C(=O)OC)[C@@H](C)CC3. The van der Waals surface area contributed by atoms with Gasteiger partial charge in [-0.1, -0.05) is 6.07 Å². The minimum atomic E-state index is -0.353. The number of nitrogens with zero attached hydrogens (tertiary/aromatic N) is 4. The lowest BCUT2D eigenvalue weighted by Gasteiger charge is -2.34. The summed E-state index contributed by atoms with van der Waals surface area (Å²) in [5.41, 5.74) is 3.85. The number of anilines is 1. The maximum atomic E-state index is 12.5. The van der Waals surface area contributed by atoms with E-state index in [9.17, 15) is 9.59 Å². The Labute approximate surface area is 199 Å².